The lowest BCUT2D eigenvalue weighted by molar-refractivity contribution is 0.0567. The summed E-state index contributed by atoms with van der Waals surface area (Å²) in [4.78, 5) is 11.2. The molecule has 4 nitrogen and oxygen atoms in total. The highest BCUT2D eigenvalue weighted by molar-refractivity contribution is 5.92. The molecule has 0 aliphatic rings. The fourth-order valence-electron chi connectivity index (χ4n) is 1.47. The summed E-state index contributed by atoms with van der Waals surface area (Å²) < 4.78 is 15.3. The van der Waals surface area contributed by atoms with Gasteiger partial charge in [0.05, 0.1) is 13.7 Å². The van der Waals surface area contributed by atoms with E-state index in [1.807, 2.05) is 19.1 Å². The molecule has 0 bridgehead atoms. The van der Waals surface area contributed by atoms with Crippen LogP contribution in [0.15, 0.2) is 28.7 Å². The Hall–Kier alpha value is -1.97. The average molecular weight is 220 g/mol. The number of benzene rings is 1. The Bertz CT molecular complexity index is 513. The van der Waals surface area contributed by atoms with Gasteiger partial charge in [0.2, 0.25) is 5.76 Å². The molecule has 0 unspecified atom stereocenters. The summed E-state index contributed by atoms with van der Waals surface area (Å²) in [5, 5.41) is 0.851. The van der Waals surface area contributed by atoms with Gasteiger partial charge in [-0.25, -0.2) is 4.79 Å². The molecule has 0 aliphatic carbocycles. The maximum absolute atomic E-state index is 11.2. The van der Waals surface area contributed by atoms with Gasteiger partial charge in [0, 0.05) is 11.5 Å². The molecule has 0 saturated carbocycles. The molecule has 0 fully saturated rings. The quantitative estimate of drug-likeness (QED) is 0.746. The van der Waals surface area contributed by atoms with Crippen LogP contribution in [0, 0.1) is 0 Å². The van der Waals surface area contributed by atoms with Gasteiger partial charge in [-0.3, -0.25) is 0 Å². The summed E-state index contributed by atoms with van der Waals surface area (Å²) in [6, 6.07) is 7.08. The van der Waals surface area contributed by atoms with Gasteiger partial charge >= 0.3 is 5.97 Å². The molecule has 0 N–H and O–H groups in total. The summed E-state index contributed by atoms with van der Waals surface area (Å²) in [7, 11) is 1.32. The fourth-order valence-corrected chi connectivity index (χ4v) is 1.47. The molecule has 0 saturated heterocycles. The molecule has 1 heterocycles. The van der Waals surface area contributed by atoms with Crippen LogP contribution in [0.3, 0.4) is 0 Å². The van der Waals surface area contributed by atoms with E-state index in [0.717, 1.165) is 11.1 Å². The van der Waals surface area contributed by atoms with Crippen LogP contribution >= 0.6 is 0 Å². The number of methoxy groups -OCH3 is 1. The van der Waals surface area contributed by atoms with E-state index in [1.54, 1.807) is 12.1 Å². The second-order valence-electron chi connectivity index (χ2n) is 3.23. The number of hydrogen-bond acceptors (Lipinski definition) is 4. The van der Waals surface area contributed by atoms with Gasteiger partial charge in [-0.15, -0.1) is 0 Å². The van der Waals surface area contributed by atoms with Crippen molar-refractivity contribution in [2.45, 2.75) is 6.92 Å². The van der Waals surface area contributed by atoms with E-state index in [-0.39, 0.29) is 5.76 Å². The fraction of sp³-hybridized carbons (Fsp3) is 0.250. The lowest BCUT2D eigenvalue weighted by Crippen LogP contribution is -1.97. The summed E-state index contributed by atoms with van der Waals surface area (Å²) in [6.45, 7) is 2.50. The first-order valence-corrected chi connectivity index (χ1v) is 4.99. The summed E-state index contributed by atoms with van der Waals surface area (Å²) in [5.74, 6) is 0.445. The van der Waals surface area contributed by atoms with Crippen molar-refractivity contribution in [1.29, 1.82) is 0 Å². The first kappa shape index (κ1) is 10.5. The van der Waals surface area contributed by atoms with Crippen LogP contribution in [0.25, 0.3) is 11.0 Å². The molecule has 2 aromatic rings. The van der Waals surface area contributed by atoms with E-state index in [2.05, 4.69) is 4.74 Å². The SMILES string of the molecule is CCOc1ccc2cc(C(=O)OC)oc2c1. The highest BCUT2D eigenvalue weighted by Gasteiger charge is 2.12. The van der Waals surface area contributed by atoms with Crippen molar-refractivity contribution in [2.75, 3.05) is 13.7 Å². The lowest BCUT2D eigenvalue weighted by atomic mass is 10.2. The minimum Gasteiger partial charge on any atom is -0.494 e. The zero-order valence-electron chi connectivity index (χ0n) is 9.15. The third-order valence-electron chi connectivity index (χ3n) is 2.19. The third kappa shape index (κ3) is 1.86. The Morgan fingerprint density at radius 3 is 2.88 bits per heavy atom. The van der Waals surface area contributed by atoms with Gasteiger partial charge in [-0.1, -0.05) is 0 Å². The second-order valence-corrected chi connectivity index (χ2v) is 3.23. The summed E-state index contributed by atoms with van der Waals surface area (Å²) >= 11 is 0. The van der Waals surface area contributed by atoms with Crippen molar-refractivity contribution in [3.8, 4) is 5.75 Å². The minimum absolute atomic E-state index is 0.200. The Kier molecular flexibility index (Phi) is 2.81. The van der Waals surface area contributed by atoms with E-state index in [9.17, 15) is 4.79 Å². The molecular weight excluding hydrogens is 208 g/mol. The Morgan fingerprint density at radius 2 is 2.19 bits per heavy atom. The summed E-state index contributed by atoms with van der Waals surface area (Å²) in [6.07, 6.45) is 0. The monoisotopic (exact) mass is 220 g/mol. The number of carbonyl (C=O) groups excluding carboxylic acids is 1. The van der Waals surface area contributed by atoms with Crippen LogP contribution in [-0.2, 0) is 4.74 Å². The van der Waals surface area contributed by atoms with Gasteiger partial charge in [0.25, 0.3) is 0 Å². The lowest BCUT2D eigenvalue weighted by Gasteiger charge is -2.00. The summed E-state index contributed by atoms with van der Waals surface area (Å²) in [5.41, 5.74) is 0.617. The Balaban J connectivity index is 2.41. The first-order valence-electron chi connectivity index (χ1n) is 4.99. The molecule has 0 amide bonds. The minimum atomic E-state index is -0.478. The van der Waals surface area contributed by atoms with Gasteiger partial charge in [0.15, 0.2) is 0 Å². The molecule has 2 rings (SSSR count). The maximum Gasteiger partial charge on any atom is 0.373 e. The van der Waals surface area contributed by atoms with Crippen molar-refractivity contribution >= 4 is 16.9 Å². The molecule has 0 atom stereocenters. The Morgan fingerprint density at radius 1 is 1.38 bits per heavy atom. The zero-order chi connectivity index (χ0) is 11.5. The van der Waals surface area contributed by atoms with E-state index < -0.39 is 5.97 Å². The average Bonchev–Trinajstić information content (AvgIpc) is 2.71. The topological polar surface area (TPSA) is 48.7 Å². The van der Waals surface area contributed by atoms with Crippen molar-refractivity contribution < 1.29 is 18.7 Å². The predicted molar refractivity (Wildman–Crippen MR) is 58.7 cm³/mol. The number of furan rings is 1. The molecule has 4 heteroatoms. The van der Waals surface area contributed by atoms with Crippen LogP contribution in [0.2, 0.25) is 0 Å². The number of carbonyl (C=O) groups is 1. The largest absolute Gasteiger partial charge is 0.494 e. The number of esters is 1. The number of ether oxygens (including phenoxy) is 2. The first-order chi connectivity index (χ1) is 7.74. The van der Waals surface area contributed by atoms with Crippen LogP contribution in [-0.4, -0.2) is 19.7 Å². The van der Waals surface area contributed by atoms with Crippen molar-refractivity contribution in [1.82, 2.24) is 0 Å². The highest BCUT2D eigenvalue weighted by atomic mass is 16.5. The van der Waals surface area contributed by atoms with E-state index >= 15 is 0 Å². The third-order valence-corrected chi connectivity index (χ3v) is 2.19. The molecule has 1 aromatic heterocycles. The van der Waals surface area contributed by atoms with E-state index in [1.165, 1.54) is 7.11 Å². The number of fused-ring (bicyclic) bond motifs is 1. The van der Waals surface area contributed by atoms with Crippen LogP contribution in [0.4, 0.5) is 0 Å². The van der Waals surface area contributed by atoms with Gasteiger partial charge in [0.1, 0.15) is 11.3 Å². The molecular formula is C12H12O4. The van der Waals surface area contributed by atoms with Gasteiger partial charge < -0.3 is 13.9 Å². The van der Waals surface area contributed by atoms with Gasteiger partial charge in [-0.2, -0.15) is 0 Å². The number of hydrogen-bond donors (Lipinski definition) is 0. The van der Waals surface area contributed by atoms with Gasteiger partial charge in [-0.05, 0) is 25.1 Å². The van der Waals surface area contributed by atoms with Crippen molar-refractivity contribution in [3.05, 3.63) is 30.0 Å². The van der Waals surface area contributed by atoms with Crippen LogP contribution < -0.4 is 4.74 Å². The van der Waals surface area contributed by atoms with E-state index in [4.69, 9.17) is 9.15 Å². The molecule has 0 radical (unpaired) electrons. The normalized spacial score (nSPS) is 10.4. The number of rotatable bonds is 3. The highest BCUT2D eigenvalue weighted by Crippen LogP contribution is 2.24. The van der Waals surface area contributed by atoms with Crippen LogP contribution in [0.5, 0.6) is 5.75 Å². The molecule has 0 spiro atoms. The van der Waals surface area contributed by atoms with Crippen molar-refractivity contribution in [2.24, 2.45) is 0 Å². The predicted octanol–water partition coefficient (Wildman–Crippen LogP) is 2.62. The van der Waals surface area contributed by atoms with E-state index in [0.29, 0.717) is 12.2 Å². The zero-order valence-corrected chi connectivity index (χ0v) is 9.15. The molecule has 0 aliphatic heterocycles. The smallest absolute Gasteiger partial charge is 0.373 e. The second kappa shape index (κ2) is 4.26. The molecule has 1 aromatic carbocycles. The molecule has 16 heavy (non-hydrogen) atoms. The van der Waals surface area contributed by atoms with Crippen molar-refractivity contribution in [3.63, 3.8) is 0 Å². The molecule has 84 valence electrons. The Labute approximate surface area is 92.8 Å². The van der Waals surface area contributed by atoms with Crippen LogP contribution in [0.1, 0.15) is 17.5 Å². The maximum atomic E-state index is 11.2. The standard InChI is InChI=1S/C12H12O4/c1-3-15-9-5-4-8-6-11(12(13)14-2)16-10(8)7-9/h4-7H,3H2,1-2H3.